The molecule has 0 atom stereocenters. The average Bonchev–Trinajstić information content (AvgIpc) is 3.53. The molecule has 5 heterocycles. The van der Waals surface area contributed by atoms with Crippen molar-refractivity contribution in [3.8, 4) is 21.7 Å². The Morgan fingerprint density at radius 2 is 1.97 bits per heavy atom. The molecule has 1 fully saturated rings. The lowest BCUT2D eigenvalue weighted by Crippen LogP contribution is -2.36. The monoisotopic (exact) mass is 504 g/mol. The van der Waals surface area contributed by atoms with Crippen molar-refractivity contribution >= 4 is 27.4 Å². The van der Waals surface area contributed by atoms with Gasteiger partial charge < -0.3 is 5.32 Å². The number of fused-ring (bicyclic) bond motifs is 1. The lowest BCUT2D eigenvalue weighted by molar-refractivity contribution is 0.172. The predicted molar refractivity (Wildman–Crippen MR) is 134 cm³/mol. The van der Waals surface area contributed by atoms with Gasteiger partial charge >= 0.3 is 0 Å². The molecule has 0 unspecified atom stereocenters. The summed E-state index contributed by atoms with van der Waals surface area (Å²) in [5.41, 5.74) is 2.92. The zero-order chi connectivity index (χ0) is 24.5. The van der Waals surface area contributed by atoms with Gasteiger partial charge in [0, 0.05) is 41.8 Å². The summed E-state index contributed by atoms with van der Waals surface area (Å²) in [5.74, 6) is -0.690. The van der Waals surface area contributed by atoms with E-state index in [0.717, 1.165) is 46.4 Å². The molecule has 8 nitrogen and oxygen atoms in total. The summed E-state index contributed by atoms with van der Waals surface area (Å²) >= 11 is 1.43. The number of halogens is 2. The molecule has 1 N–H and O–H groups in total. The molecule has 182 valence electrons. The van der Waals surface area contributed by atoms with Crippen LogP contribution in [0, 0.1) is 11.8 Å². The van der Waals surface area contributed by atoms with E-state index >= 15 is 0 Å². The van der Waals surface area contributed by atoms with Gasteiger partial charge in [0.2, 0.25) is 11.9 Å². The molecule has 0 bridgehead atoms. The van der Waals surface area contributed by atoms with Crippen LogP contribution in [0.2, 0.25) is 0 Å². The van der Waals surface area contributed by atoms with E-state index in [4.69, 9.17) is 0 Å². The van der Waals surface area contributed by atoms with E-state index in [1.54, 1.807) is 23.3 Å². The minimum Gasteiger partial charge on any atom is -0.352 e. The zero-order valence-electron chi connectivity index (χ0n) is 19.2. The number of hydrogen-bond acceptors (Lipinski definition) is 8. The van der Waals surface area contributed by atoms with Crippen molar-refractivity contribution in [2.45, 2.75) is 19.5 Å². The third-order valence-electron chi connectivity index (χ3n) is 6.20. The van der Waals surface area contributed by atoms with E-state index in [1.807, 2.05) is 24.3 Å². The van der Waals surface area contributed by atoms with E-state index in [0.29, 0.717) is 23.9 Å². The molecule has 0 radical (unpaired) electrons. The number of thiophene rings is 1. The molecule has 5 aromatic rings. The molecule has 0 saturated carbocycles. The van der Waals surface area contributed by atoms with Gasteiger partial charge in [0.15, 0.2) is 5.82 Å². The predicted octanol–water partition coefficient (Wildman–Crippen LogP) is 4.61. The quantitative estimate of drug-likeness (QED) is 0.309. The number of nitrogens with one attached hydrogen (secondary N) is 1. The van der Waals surface area contributed by atoms with Crippen molar-refractivity contribution < 1.29 is 8.78 Å². The van der Waals surface area contributed by atoms with Gasteiger partial charge in [0.1, 0.15) is 5.69 Å². The lowest BCUT2D eigenvalue weighted by atomic mass is 9.99. The maximum Gasteiger partial charge on any atom is 0.223 e. The Morgan fingerprint density at radius 1 is 1.06 bits per heavy atom. The van der Waals surface area contributed by atoms with E-state index in [1.165, 1.54) is 30.0 Å². The van der Waals surface area contributed by atoms with Crippen molar-refractivity contribution in [1.82, 2.24) is 34.8 Å². The van der Waals surface area contributed by atoms with Crippen LogP contribution >= 0.6 is 11.3 Å². The molecule has 1 saturated heterocycles. The van der Waals surface area contributed by atoms with Crippen LogP contribution in [0.3, 0.4) is 0 Å². The largest absolute Gasteiger partial charge is 0.352 e. The second kappa shape index (κ2) is 9.67. The molecule has 11 heteroatoms. The Hall–Kier alpha value is -3.83. The third-order valence-corrected chi connectivity index (χ3v) is 7.39. The number of likely N-dealkylation sites (tertiary alicyclic amines) is 1. The highest BCUT2D eigenvalue weighted by molar-refractivity contribution is 7.22. The van der Waals surface area contributed by atoms with Crippen molar-refractivity contribution in [2.24, 2.45) is 0 Å². The Labute approximate surface area is 209 Å². The number of nitrogens with zero attached hydrogens (tertiary/aromatic N) is 7. The summed E-state index contributed by atoms with van der Waals surface area (Å²) in [6.07, 6.45) is 7.34. The maximum atomic E-state index is 14.8. The fourth-order valence-corrected chi connectivity index (χ4v) is 5.45. The first-order valence-corrected chi connectivity index (χ1v) is 12.5. The topological polar surface area (TPSA) is 84.7 Å². The standard InChI is InChI=1S/C25H22F2N8S/c26-20-14-30-25(28-5-9-35-10-6-31-33-35)32-23(20)21-11-16-3-1-4-18(24(16)36-21)19-12-22(27)29-13-17(19)15-34-7-2-8-34/h1,3-4,6,10-14H,2,5,7-9,15H2,(H,28,30,32). The van der Waals surface area contributed by atoms with Crippen LogP contribution in [0.25, 0.3) is 31.8 Å². The molecule has 36 heavy (non-hydrogen) atoms. The first-order valence-electron chi connectivity index (χ1n) is 11.6. The van der Waals surface area contributed by atoms with Crippen LogP contribution in [-0.4, -0.2) is 54.5 Å². The van der Waals surface area contributed by atoms with Gasteiger partial charge in [-0.2, -0.15) is 4.39 Å². The van der Waals surface area contributed by atoms with E-state index in [9.17, 15) is 8.78 Å². The van der Waals surface area contributed by atoms with Gasteiger partial charge in [-0.05, 0) is 42.1 Å². The van der Waals surface area contributed by atoms with Crippen molar-refractivity contribution in [1.29, 1.82) is 0 Å². The zero-order valence-corrected chi connectivity index (χ0v) is 20.0. The number of pyridine rings is 1. The van der Waals surface area contributed by atoms with Gasteiger partial charge in [-0.15, -0.1) is 16.4 Å². The number of anilines is 1. The molecule has 1 aliphatic rings. The van der Waals surface area contributed by atoms with E-state index in [2.05, 4.69) is 35.5 Å². The molecule has 6 rings (SSSR count). The molecule has 1 aromatic carbocycles. The van der Waals surface area contributed by atoms with Gasteiger partial charge in [-0.1, -0.05) is 23.4 Å². The lowest BCUT2D eigenvalue weighted by Gasteiger charge is -2.31. The summed E-state index contributed by atoms with van der Waals surface area (Å²) in [5, 5.41) is 11.7. The fraction of sp³-hybridized carbons (Fsp3) is 0.240. The van der Waals surface area contributed by atoms with Gasteiger partial charge in [-0.25, -0.2) is 19.3 Å². The van der Waals surface area contributed by atoms with E-state index < -0.39 is 11.8 Å². The summed E-state index contributed by atoms with van der Waals surface area (Å²) in [6, 6.07) is 9.30. The minimum atomic E-state index is -0.519. The molecule has 4 aromatic heterocycles. The van der Waals surface area contributed by atoms with Crippen LogP contribution in [0.4, 0.5) is 14.7 Å². The van der Waals surface area contributed by atoms with Crippen LogP contribution in [0.5, 0.6) is 0 Å². The Balaban J connectivity index is 1.33. The Morgan fingerprint density at radius 3 is 2.78 bits per heavy atom. The molecular formula is C25H22F2N8S. The number of hydrogen-bond donors (Lipinski definition) is 1. The number of benzene rings is 1. The summed E-state index contributed by atoms with van der Waals surface area (Å²) in [6.45, 7) is 3.88. The molecule has 0 amide bonds. The highest BCUT2D eigenvalue weighted by Gasteiger charge is 2.20. The van der Waals surface area contributed by atoms with Crippen LogP contribution in [0.1, 0.15) is 12.0 Å². The smallest absolute Gasteiger partial charge is 0.223 e. The molecule has 1 aliphatic heterocycles. The Kier molecular flexibility index (Phi) is 6.08. The normalized spacial score (nSPS) is 13.7. The minimum absolute atomic E-state index is 0.224. The van der Waals surface area contributed by atoms with Gasteiger partial charge in [-0.3, -0.25) is 9.58 Å². The highest BCUT2D eigenvalue weighted by Crippen LogP contribution is 2.40. The van der Waals surface area contributed by atoms with Crippen molar-refractivity contribution in [2.75, 3.05) is 25.0 Å². The third kappa shape index (κ3) is 4.54. The first-order chi connectivity index (χ1) is 17.6. The molecule has 0 aliphatic carbocycles. The SMILES string of the molecule is Fc1cc(-c2cccc3cc(-c4nc(NCCn5ccnn5)ncc4F)sc23)c(CN2CCC2)cn1. The van der Waals surface area contributed by atoms with Gasteiger partial charge in [0.25, 0.3) is 0 Å². The highest BCUT2D eigenvalue weighted by atomic mass is 32.1. The van der Waals surface area contributed by atoms with Crippen LogP contribution < -0.4 is 5.32 Å². The number of rotatable bonds is 8. The molecular weight excluding hydrogens is 482 g/mol. The summed E-state index contributed by atoms with van der Waals surface area (Å²) in [4.78, 5) is 15.4. The summed E-state index contributed by atoms with van der Waals surface area (Å²) in [7, 11) is 0. The van der Waals surface area contributed by atoms with Gasteiger partial charge in [0.05, 0.1) is 23.8 Å². The average molecular weight is 505 g/mol. The van der Waals surface area contributed by atoms with Crippen molar-refractivity contribution in [3.63, 3.8) is 0 Å². The summed E-state index contributed by atoms with van der Waals surface area (Å²) < 4.78 is 31.7. The first kappa shape index (κ1) is 22.6. The second-order valence-corrected chi connectivity index (χ2v) is 9.66. The fourth-order valence-electron chi connectivity index (χ4n) is 4.27. The van der Waals surface area contributed by atoms with Crippen LogP contribution in [0.15, 0.2) is 55.1 Å². The molecule has 0 spiro atoms. The second-order valence-electron chi connectivity index (χ2n) is 8.61. The van der Waals surface area contributed by atoms with E-state index in [-0.39, 0.29) is 5.69 Å². The van der Waals surface area contributed by atoms with Crippen LogP contribution in [-0.2, 0) is 13.1 Å². The number of aromatic nitrogens is 6. The Bertz CT molecular complexity index is 1510. The maximum absolute atomic E-state index is 14.8. The van der Waals surface area contributed by atoms with Crippen molar-refractivity contribution in [3.05, 3.63) is 72.4 Å².